The van der Waals surface area contributed by atoms with Crippen LogP contribution in [0.4, 0.5) is 0 Å². The van der Waals surface area contributed by atoms with Crippen LogP contribution in [-0.4, -0.2) is 65.4 Å². The van der Waals surface area contributed by atoms with Crippen molar-refractivity contribution in [3.63, 3.8) is 0 Å². The number of fused-ring (bicyclic) bond motifs is 7. The maximum Gasteiger partial charge on any atom is 0.335 e. The Bertz CT molecular complexity index is 1300. The lowest BCUT2D eigenvalue weighted by atomic mass is 9.38. The molecule has 0 spiro atoms. The fourth-order valence-corrected chi connectivity index (χ4v) is 13.7. The van der Waals surface area contributed by atoms with Crippen molar-refractivity contribution in [3.8, 4) is 0 Å². The first-order valence-electron chi connectivity index (χ1n) is 18.7. The molecule has 46 heavy (non-hydrogen) atoms. The summed E-state index contributed by atoms with van der Waals surface area (Å²) in [6, 6.07) is 8.52. The van der Waals surface area contributed by atoms with Crippen molar-refractivity contribution >= 4 is 23.5 Å². The Hall–Kier alpha value is -1.38. The molecular formula is C39H60N4O2S. The number of nitrogens with one attached hydrogen (secondary N) is 2. The normalized spacial score (nSPS) is 43.7. The summed E-state index contributed by atoms with van der Waals surface area (Å²) in [6.45, 7) is 12.0. The van der Waals surface area contributed by atoms with Crippen molar-refractivity contribution in [2.24, 2.45) is 52.1 Å². The van der Waals surface area contributed by atoms with Gasteiger partial charge in [-0.2, -0.15) is 0 Å². The highest BCUT2D eigenvalue weighted by Gasteiger charge is 2.64. The molecule has 6 nitrogen and oxygen atoms in total. The molecule has 1 aromatic rings. The Morgan fingerprint density at radius 3 is 2.54 bits per heavy atom. The molecule has 6 aliphatic rings. The number of carbonyl (C=O) groups is 1. The molecule has 4 saturated carbocycles. The minimum absolute atomic E-state index is 0.320. The number of carboxylic acid groups (broad SMARTS) is 1. The molecule has 11 atom stereocenters. The maximum absolute atomic E-state index is 11.4. The highest BCUT2D eigenvalue weighted by molar-refractivity contribution is 7.96. The number of nitrogens with zero attached hydrogens (tertiary/aromatic N) is 1. The molecule has 1 aromatic carbocycles. The summed E-state index contributed by atoms with van der Waals surface area (Å²) in [5, 5.41) is 17.4. The zero-order valence-electron chi connectivity index (χ0n) is 28.9. The molecule has 0 aromatic heterocycles. The van der Waals surface area contributed by atoms with E-state index in [4.69, 9.17) is 5.73 Å². The molecule has 7 heteroatoms. The third-order valence-corrected chi connectivity index (χ3v) is 15.9. The number of benzene rings is 1. The fraction of sp³-hybridized carbons (Fsp3) is 0.769. The van der Waals surface area contributed by atoms with Gasteiger partial charge in [0, 0.05) is 43.8 Å². The van der Waals surface area contributed by atoms with E-state index in [9.17, 15) is 9.90 Å². The average Bonchev–Trinajstić information content (AvgIpc) is 3.64. The Morgan fingerprint density at radius 1 is 1.00 bits per heavy atom. The number of nitrogens with two attached hydrogens (primary N) is 1. The zero-order chi connectivity index (χ0) is 32.3. The van der Waals surface area contributed by atoms with Crippen molar-refractivity contribution in [1.29, 1.82) is 0 Å². The van der Waals surface area contributed by atoms with Crippen LogP contribution in [0.5, 0.6) is 0 Å². The van der Waals surface area contributed by atoms with Gasteiger partial charge < -0.3 is 21.5 Å². The molecule has 5 fully saturated rings. The first-order valence-corrected chi connectivity index (χ1v) is 19.8. The van der Waals surface area contributed by atoms with E-state index in [0.29, 0.717) is 45.9 Å². The van der Waals surface area contributed by atoms with Crippen molar-refractivity contribution < 1.29 is 9.90 Å². The first-order chi connectivity index (χ1) is 22.1. The van der Waals surface area contributed by atoms with Crippen LogP contribution >= 0.6 is 11.9 Å². The number of rotatable bonds is 9. The largest absolute Gasteiger partial charge is 0.478 e. The van der Waals surface area contributed by atoms with Crippen LogP contribution in [0.1, 0.15) is 107 Å². The van der Waals surface area contributed by atoms with Gasteiger partial charge in [0.2, 0.25) is 0 Å². The van der Waals surface area contributed by atoms with Crippen LogP contribution in [0.25, 0.3) is 5.57 Å². The summed E-state index contributed by atoms with van der Waals surface area (Å²) in [6.07, 6.45) is 19.5. The van der Waals surface area contributed by atoms with Crippen LogP contribution in [-0.2, 0) is 0 Å². The van der Waals surface area contributed by atoms with E-state index in [1.807, 2.05) is 24.1 Å². The molecule has 0 radical (unpaired) electrons. The van der Waals surface area contributed by atoms with Gasteiger partial charge in [-0.3, -0.25) is 0 Å². The summed E-state index contributed by atoms with van der Waals surface area (Å²) in [7, 11) is 0. The summed E-state index contributed by atoms with van der Waals surface area (Å²) >= 11 is 1.84. The number of aromatic carboxylic acids is 1. The van der Waals surface area contributed by atoms with E-state index >= 15 is 0 Å². The number of hydrogen-bond donors (Lipinski definition) is 4. The van der Waals surface area contributed by atoms with Gasteiger partial charge in [0.1, 0.15) is 0 Å². The van der Waals surface area contributed by atoms with Gasteiger partial charge in [0.15, 0.2) is 0 Å². The number of allylic oxidation sites excluding steroid dienone is 2. The van der Waals surface area contributed by atoms with Crippen LogP contribution in [0.3, 0.4) is 0 Å². The maximum atomic E-state index is 11.4. The van der Waals surface area contributed by atoms with E-state index in [1.165, 1.54) is 75.3 Å². The molecule has 5 aliphatic carbocycles. The van der Waals surface area contributed by atoms with E-state index < -0.39 is 5.97 Å². The van der Waals surface area contributed by atoms with Gasteiger partial charge in [-0.15, -0.1) is 0 Å². The van der Waals surface area contributed by atoms with Crippen LogP contribution < -0.4 is 16.4 Å². The summed E-state index contributed by atoms with van der Waals surface area (Å²) in [4.78, 5) is 11.4. The molecule has 0 bridgehead atoms. The summed E-state index contributed by atoms with van der Waals surface area (Å²) in [5.41, 5.74) is 10.5. The lowest BCUT2D eigenvalue weighted by Gasteiger charge is -2.67. The SMILES string of the molecule is CSN1CC(N)CC1CNCCN[C@]12CCC[C@@H]1[C@H]1CCC3[C@@]4(C)CC=C(c5ccc(C(=O)O)cc5)C(C)C4CC[C@@]3(C)C1CC2. The van der Waals surface area contributed by atoms with Gasteiger partial charge in [-0.1, -0.05) is 57.3 Å². The topological polar surface area (TPSA) is 90.6 Å². The predicted octanol–water partition coefficient (Wildman–Crippen LogP) is 7.06. The highest BCUT2D eigenvalue weighted by atomic mass is 32.2. The molecule has 254 valence electrons. The fourth-order valence-electron chi connectivity index (χ4n) is 12.9. The standard InChI is InChI=1S/C39H60N4O2S/c1-25-30(26-7-9-27(10-8-26)36(44)45)13-17-37(2)32(25)14-18-38(3)33-15-19-39(16-5-6-34(39)31(33)11-12-35(37)38)42-21-20-41-23-29-22-28(40)24-43(29)46-4/h7-10,13,25,28-29,31-35,41-42H,5-6,11-12,14-24,40H2,1-4H3,(H,44,45)/t25?,28?,29?,31-,32?,33?,34+,35?,37-,38-,39-/m0/s1. The average molecular weight is 649 g/mol. The Kier molecular flexibility index (Phi) is 9.23. The van der Waals surface area contributed by atoms with Gasteiger partial charge in [0.25, 0.3) is 0 Å². The smallest absolute Gasteiger partial charge is 0.335 e. The second-order valence-electron chi connectivity index (χ2n) is 16.8. The van der Waals surface area contributed by atoms with E-state index in [1.54, 1.807) is 12.1 Å². The summed E-state index contributed by atoms with van der Waals surface area (Å²) in [5.74, 6) is 3.76. The van der Waals surface area contributed by atoms with Crippen LogP contribution in [0, 0.1) is 46.3 Å². The number of hydrogen-bond acceptors (Lipinski definition) is 6. The lowest BCUT2D eigenvalue weighted by Crippen LogP contribution is -2.63. The Morgan fingerprint density at radius 2 is 1.78 bits per heavy atom. The van der Waals surface area contributed by atoms with Crippen molar-refractivity contribution in [3.05, 3.63) is 41.5 Å². The first kappa shape index (κ1) is 33.1. The number of carboxylic acids is 1. The second kappa shape index (κ2) is 12.8. The van der Waals surface area contributed by atoms with Gasteiger partial charge >= 0.3 is 5.97 Å². The molecule has 6 unspecified atom stereocenters. The lowest BCUT2D eigenvalue weighted by molar-refractivity contribution is -0.164. The predicted molar refractivity (Wildman–Crippen MR) is 191 cm³/mol. The van der Waals surface area contributed by atoms with Crippen LogP contribution in [0.2, 0.25) is 0 Å². The minimum atomic E-state index is -0.847. The molecule has 1 saturated heterocycles. The van der Waals surface area contributed by atoms with Gasteiger partial charge in [-0.25, -0.2) is 9.10 Å². The third kappa shape index (κ3) is 5.52. The molecular weight excluding hydrogens is 589 g/mol. The van der Waals surface area contributed by atoms with Gasteiger partial charge in [0.05, 0.1) is 5.56 Å². The van der Waals surface area contributed by atoms with Crippen LogP contribution in [0.15, 0.2) is 30.3 Å². The van der Waals surface area contributed by atoms with Gasteiger partial charge in [-0.05, 0) is 140 Å². The molecule has 0 amide bonds. The van der Waals surface area contributed by atoms with E-state index in [-0.39, 0.29) is 0 Å². The monoisotopic (exact) mass is 648 g/mol. The second-order valence-corrected chi connectivity index (χ2v) is 17.7. The Balaban J connectivity index is 1.01. The molecule has 1 aliphatic heterocycles. The third-order valence-electron chi connectivity index (χ3n) is 15.0. The molecule has 5 N–H and O–H groups in total. The van der Waals surface area contributed by atoms with E-state index in [2.05, 4.69) is 48.0 Å². The quantitative estimate of drug-likeness (QED) is 0.168. The Labute approximate surface area is 282 Å². The molecule has 7 rings (SSSR count). The molecule has 1 heterocycles. The zero-order valence-corrected chi connectivity index (χ0v) is 29.7. The van der Waals surface area contributed by atoms with Crippen molar-refractivity contribution in [2.45, 2.75) is 109 Å². The van der Waals surface area contributed by atoms with E-state index in [0.717, 1.165) is 56.3 Å². The minimum Gasteiger partial charge on any atom is -0.478 e. The van der Waals surface area contributed by atoms with Crippen molar-refractivity contribution in [1.82, 2.24) is 14.9 Å². The van der Waals surface area contributed by atoms with Crippen molar-refractivity contribution in [2.75, 3.05) is 32.4 Å². The highest BCUT2D eigenvalue weighted by Crippen LogP contribution is 2.70. The summed E-state index contributed by atoms with van der Waals surface area (Å²) < 4.78 is 2.47.